The zero-order valence-corrected chi connectivity index (χ0v) is 13.3. The average molecular weight is 288 g/mol. The third-order valence-corrected chi connectivity index (χ3v) is 7.59. The van der Waals surface area contributed by atoms with Crippen molar-refractivity contribution in [1.29, 1.82) is 0 Å². The zero-order valence-electron chi connectivity index (χ0n) is 13.3. The van der Waals surface area contributed by atoms with E-state index in [2.05, 4.69) is 13.8 Å². The lowest BCUT2D eigenvalue weighted by atomic mass is 9.49. The summed E-state index contributed by atoms with van der Waals surface area (Å²) in [5, 5.41) is 10.5. The average Bonchev–Trinajstić information content (AvgIpc) is 2.74. The van der Waals surface area contributed by atoms with E-state index in [9.17, 15) is 9.90 Å². The summed E-state index contributed by atoms with van der Waals surface area (Å²) in [6.45, 7) is 4.73. The van der Waals surface area contributed by atoms with Crippen LogP contribution in [0.1, 0.15) is 58.8 Å². The van der Waals surface area contributed by atoms with Gasteiger partial charge in [-0.2, -0.15) is 0 Å². The van der Waals surface area contributed by atoms with Gasteiger partial charge in [0.2, 0.25) is 0 Å². The number of hydrogen-bond acceptors (Lipinski definition) is 2. The normalized spacial score (nSPS) is 52.7. The Kier molecular flexibility index (Phi) is 3.12. The molecule has 0 aromatic rings. The molecule has 0 aromatic heterocycles. The van der Waals surface area contributed by atoms with Crippen molar-refractivity contribution in [2.24, 2.45) is 35.0 Å². The van der Waals surface area contributed by atoms with Gasteiger partial charge in [0.15, 0.2) is 5.78 Å². The van der Waals surface area contributed by atoms with Crippen LogP contribution in [0.2, 0.25) is 0 Å². The highest BCUT2D eigenvalue weighted by Gasteiger charge is 2.57. The first-order valence-corrected chi connectivity index (χ1v) is 8.92. The molecule has 1 N–H and O–H groups in total. The van der Waals surface area contributed by atoms with Crippen LogP contribution in [0.15, 0.2) is 11.6 Å². The SMILES string of the molecule is C[C@@H]1CC2=CC(=O)CC[C@@H]2[C@H]2CC[C@@]3(C)[C@@H](O)CC[C@H]3[C@@H]21. The Morgan fingerprint density at radius 3 is 2.86 bits per heavy atom. The molecule has 4 aliphatic rings. The molecule has 4 rings (SSSR count). The minimum absolute atomic E-state index is 0.0828. The van der Waals surface area contributed by atoms with Gasteiger partial charge >= 0.3 is 0 Å². The van der Waals surface area contributed by atoms with Gasteiger partial charge in [-0.1, -0.05) is 19.4 Å². The molecule has 7 atom stereocenters. The highest BCUT2D eigenvalue weighted by Crippen LogP contribution is 2.62. The highest BCUT2D eigenvalue weighted by atomic mass is 16.3. The molecule has 2 heteroatoms. The summed E-state index contributed by atoms with van der Waals surface area (Å²) in [5.74, 6) is 3.96. The quantitative estimate of drug-likeness (QED) is 0.737. The lowest BCUT2D eigenvalue weighted by Gasteiger charge is -2.55. The number of fused-ring (bicyclic) bond motifs is 5. The van der Waals surface area contributed by atoms with Crippen LogP contribution in [0.25, 0.3) is 0 Å². The first-order valence-electron chi connectivity index (χ1n) is 8.92. The number of ketones is 1. The number of carbonyl (C=O) groups is 1. The number of aliphatic hydroxyl groups excluding tert-OH is 1. The molecule has 0 spiro atoms. The molecule has 3 saturated carbocycles. The van der Waals surface area contributed by atoms with Crippen LogP contribution in [0, 0.1) is 35.0 Å². The third kappa shape index (κ3) is 1.91. The first kappa shape index (κ1) is 14.0. The second-order valence-electron chi connectivity index (χ2n) is 8.50. The van der Waals surface area contributed by atoms with Gasteiger partial charge in [-0.05, 0) is 79.6 Å². The molecule has 0 unspecified atom stereocenters. The van der Waals surface area contributed by atoms with Gasteiger partial charge in [0.1, 0.15) is 0 Å². The van der Waals surface area contributed by atoms with Gasteiger partial charge < -0.3 is 5.11 Å². The van der Waals surface area contributed by atoms with Crippen LogP contribution in [0.4, 0.5) is 0 Å². The Morgan fingerprint density at radius 1 is 1.24 bits per heavy atom. The standard InChI is InChI=1S/C19H28O2/c1-11-9-12-10-13(20)3-4-14(12)15-7-8-19(2)16(18(11)15)5-6-17(19)21/h10-11,14-18,21H,3-9H2,1-2H3/t11-,14+,15-,16+,17+,18-,19-/m1/s1. The van der Waals surface area contributed by atoms with E-state index in [1.54, 1.807) is 0 Å². The van der Waals surface area contributed by atoms with Gasteiger partial charge in [0.05, 0.1) is 6.10 Å². The van der Waals surface area contributed by atoms with Gasteiger partial charge in [-0.15, -0.1) is 0 Å². The maximum Gasteiger partial charge on any atom is 0.155 e. The Labute approximate surface area is 128 Å². The third-order valence-electron chi connectivity index (χ3n) is 7.59. The molecule has 0 aromatic carbocycles. The molecular formula is C19H28O2. The number of aliphatic hydroxyl groups is 1. The molecule has 0 radical (unpaired) electrons. The Hall–Kier alpha value is -0.630. The molecule has 116 valence electrons. The van der Waals surface area contributed by atoms with Crippen LogP contribution in [-0.4, -0.2) is 17.0 Å². The number of carbonyl (C=O) groups excluding carboxylic acids is 1. The fourth-order valence-electron chi connectivity index (χ4n) is 6.56. The van der Waals surface area contributed by atoms with Crippen molar-refractivity contribution in [3.63, 3.8) is 0 Å². The molecule has 0 bridgehead atoms. The number of hydrogen-bond donors (Lipinski definition) is 1. The predicted molar refractivity (Wildman–Crippen MR) is 82.6 cm³/mol. The summed E-state index contributed by atoms with van der Waals surface area (Å²) < 4.78 is 0. The summed E-state index contributed by atoms with van der Waals surface area (Å²) in [7, 11) is 0. The predicted octanol–water partition coefficient (Wildman–Crippen LogP) is 3.74. The van der Waals surface area contributed by atoms with E-state index in [-0.39, 0.29) is 11.5 Å². The fraction of sp³-hybridized carbons (Fsp3) is 0.842. The largest absolute Gasteiger partial charge is 0.393 e. The smallest absolute Gasteiger partial charge is 0.155 e. The Bertz CT molecular complexity index is 494. The van der Waals surface area contributed by atoms with E-state index in [0.717, 1.165) is 37.5 Å². The molecule has 0 saturated heterocycles. The van der Waals surface area contributed by atoms with Crippen LogP contribution in [-0.2, 0) is 4.79 Å². The number of rotatable bonds is 0. The van der Waals surface area contributed by atoms with E-state index in [1.165, 1.54) is 24.8 Å². The summed E-state index contributed by atoms with van der Waals surface area (Å²) in [5.41, 5.74) is 1.63. The molecule has 4 aliphatic carbocycles. The minimum atomic E-state index is -0.0828. The van der Waals surface area contributed by atoms with Crippen LogP contribution in [0.5, 0.6) is 0 Å². The summed E-state index contributed by atoms with van der Waals surface area (Å²) >= 11 is 0. The Balaban J connectivity index is 1.68. The van der Waals surface area contributed by atoms with Crippen LogP contribution < -0.4 is 0 Å². The number of allylic oxidation sites excluding steroid dienone is 1. The van der Waals surface area contributed by atoms with E-state index >= 15 is 0 Å². The van der Waals surface area contributed by atoms with Crippen molar-refractivity contribution in [2.75, 3.05) is 0 Å². The van der Waals surface area contributed by atoms with E-state index in [4.69, 9.17) is 0 Å². The molecule has 0 amide bonds. The van der Waals surface area contributed by atoms with Crippen molar-refractivity contribution < 1.29 is 9.90 Å². The highest BCUT2D eigenvalue weighted by molar-refractivity contribution is 5.91. The second kappa shape index (κ2) is 4.68. The van der Waals surface area contributed by atoms with Gasteiger partial charge in [-0.3, -0.25) is 4.79 Å². The van der Waals surface area contributed by atoms with Crippen molar-refractivity contribution in [2.45, 2.75) is 64.9 Å². The van der Waals surface area contributed by atoms with Gasteiger partial charge in [0, 0.05) is 6.42 Å². The summed E-state index contributed by atoms with van der Waals surface area (Å²) in [4.78, 5) is 11.8. The molecule has 2 nitrogen and oxygen atoms in total. The monoisotopic (exact) mass is 288 g/mol. The maximum atomic E-state index is 11.8. The molecule has 0 aliphatic heterocycles. The van der Waals surface area contributed by atoms with Gasteiger partial charge in [-0.25, -0.2) is 0 Å². The lowest BCUT2D eigenvalue weighted by molar-refractivity contribution is -0.116. The fourth-order valence-corrected chi connectivity index (χ4v) is 6.56. The summed E-state index contributed by atoms with van der Waals surface area (Å²) in [6.07, 6.45) is 9.54. The zero-order chi connectivity index (χ0) is 14.8. The summed E-state index contributed by atoms with van der Waals surface area (Å²) in [6, 6.07) is 0. The lowest BCUT2D eigenvalue weighted by Crippen LogP contribution is -2.50. The van der Waals surface area contributed by atoms with Crippen LogP contribution >= 0.6 is 0 Å². The van der Waals surface area contributed by atoms with Crippen molar-refractivity contribution in [1.82, 2.24) is 0 Å². The van der Waals surface area contributed by atoms with Crippen molar-refractivity contribution in [3.8, 4) is 0 Å². The topological polar surface area (TPSA) is 37.3 Å². The first-order chi connectivity index (χ1) is 10.0. The van der Waals surface area contributed by atoms with E-state index in [1.807, 2.05) is 6.08 Å². The van der Waals surface area contributed by atoms with Crippen molar-refractivity contribution >= 4 is 5.78 Å². The maximum absolute atomic E-state index is 11.8. The van der Waals surface area contributed by atoms with Crippen molar-refractivity contribution in [3.05, 3.63) is 11.6 Å². The van der Waals surface area contributed by atoms with Crippen LogP contribution in [0.3, 0.4) is 0 Å². The van der Waals surface area contributed by atoms with E-state index < -0.39 is 0 Å². The van der Waals surface area contributed by atoms with Gasteiger partial charge in [0.25, 0.3) is 0 Å². The molecule has 3 fully saturated rings. The van der Waals surface area contributed by atoms with E-state index in [0.29, 0.717) is 23.5 Å². The Morgan fingerprint density at radius 2 is 2.05 bits per heavy atom. The molecule has 21 heavy (non-hydrogen) atoms. The second-order valence-corrected chi connectivity index (χ2v) is 8.50. The minimum Gasteiger partial charge on any atom is -0.393 e. The molecule has 0 heterocycles. The molecular weight excluding hydrogens is 260 g/mol.